The molecule has 0 aromatic heterocycles. The van der Waals surface area contributed by atoms with Crippen molar-refractivity contribution in [1.82, 2.24) is 4.31 Å². The van der Waals surface area contributed by atoms with Crippen molar-refractivity contribution in [3.8, 4) is 5.75 Å². The Morgan fingerprint density at radius 1 is 1.13 bits per heavy atom. The number of carbonyl (C=O) groups excluding carboxylic acids is 1. The first-order chi connectivity index (χ1) is 14.1. The van der Waals surface area contributed by atoms with Crippen LogP contribution in [0.2, 0.25) is 5.02 Å². The fraction of sp³-hybridized carbons (Fsp3) is 0.409. The average molecular weight is 451 g/mol. The molecule has 6 nitrogen and oxygen atoms in total. The molecule has 1 fully saturated rings. The first kappa shape index (κ1) is 22.6. The van der Waals surface area contributed by atoms with Crippen LogP contribution in [0.5, 0.6) is 5.75 Å². The number of benzene rings is 2. The van der Waals surface area contributed by atoms with Gasteiger partial charge < -0.3 is 10.1 Å². The first-order valence-electron chi connectivity index (χ1n) is 9.87. The van der Waals surface area contributed by atoms with Gasteiger partial charge in [0.25, 0.3) is 5.91 Å². The standard InChI is InChI=1S/C22H27ClN2O4S/c1-14-9-15(2)13-25(12-14)30(27,28)21-11-17(5-8-20(21)29-4)22(26)24-19-7-6-18(23)10-16(19)3/h5-8,10-11,14-15H,9,12-13H2,1-4H3,(H,24,26). The molecule has 2 unspecified atom stereocenters. The van der Waals surface area contributed by atoms with Crippen LogP contribution in [0.25, 0.3) is 0 Å². The van der Waals surface area contributed by atoms with Crippen molar-refractivity contribution < 1.29 is 17.9 Å². The van der Waals surface area contributed by atoms with Gasteiger partial charge in [-0.25, -0.2) is 8.42 Å². The Morgan fingerprint density at radius 2 is 1.80 bits per heavy atom. The van der Waals surface area contributed by atoms with Crippen LogP contribution in [0, 0.1) is 18.8 Å². The summed E-state index contributed by atoms with van der Waals surface area (Å²) in [6.07, 6.45) is 0.992. The molecular weight excluding hydrogens is 424 g/mol. The molecule has 30 heavy (non-hydrogen) atoms. The normalized spacial score (nSPS) is 20.0. The number of rotatable bonds is 5. The molecule has 0 aliphatic carbocycles. The second-order valence-corrected chi connectivity index (χ2v) is 10.4. The van der Waals surface area contributed by atoms with E-state index in [1.54, 1.807) is 24.3 Å². The van der Waals surface area contributed by atoms with Gasteiger partial charge in [0.2, 0.25) is 10.0 Å². The SMILES string of the molecule is COc1ccc(C(=O)Nc2ccc(Cl)cc2C)cc1S(=O)(=O)N1CC(C)CC(C)C1. The van der Waals surface area contributed by atoms with E-state index >= 15 is 0 Å². The van der Waals surface area contributed by atoms with E-state index in [4.69, 9.17) is 16.3 Å². The van der Waals surface area contributed by atoms with Gasteiger partial charge >= 0.3 is 0 Å². The molecule has 0 spiro atoms. The number of hydrogen-bond donors (Lipinski definition) is 1. The number of aryl methyl sites for hydroxylation is 1. The number of piperidine rings is 1. The molecule has 8 heteroatoms. The highest BCUT2D eigenvalue weighted by Gasteiger charge is 2.34. The smallest absolute Gasteiger partial charge is 0.255 e. The fourth-order valence-corrected chi connectivity index (χ4v) is 6.01. The third kappa shape index (κ3) is 4.79. The minimum absolute atomic E-state index is 0.00628. The van der Waals surface area contributed by atoms with E-state index in [0.29, 0.717) is 23.8 Å². The van der Waals surface area contributed by atoms with Crippen LogP contribution in [0.1, 0.15) is 36.2 Å². The number of sulfonamides is 1. The van der Waals surface area contributed by atoms with Crippen LogP contribution in [0.15, 0.2) is 41.3 Å². The Balaban J connectivity index is 1.94. The number of amides is 1. The summed E-state index contributed by atoms with van der Waals surface area (Å²) in [6.45, 7) is 6.85. The van der Waals surface area contributed by atoms with Gasteiger partial charge in [0, 0.05) is 29.4 Å². The minimum atomic E-state index is -3.80. The Labute approximate surface area is 183 Å². The molecule has 3 rings (SSSR count). The topological polar surface area (TPSA) is 75.7 Å². The summed E-state index contributed by atoms with van der Waals surface area (Å²) in [7, 11) is -2.38. The molecule has 1 heterocycles. The zero-order valence-corrected chi connectivity index (χ0v) is 19.2. The van der Waals surface area contributed by atoms with E-state index in [-0.39, 0.29) is 28.0 Å². The summed E-state index contributed by atoms with van der Waals surface area (Å²) in [5, 5.41) is 3.39. The Hall–Kier alpha value is -2.09. The lowest BCUT2D eigenvalue weighted by molar-refractivity contribution is 0.102. The maximum atomic E-state index is 13.4. The highest BCUT2D eigenvalue weighted by atomic mass is 35.5. The molecule has 1 aliphatic heterocycles. The maximum Gasteiger partial charge on any atom is 0.255 e. The fourth-order valence-electron chi connectivity index (χ4n) is 3.92. The van der Waals surface area contributed by atoms with Crippen molar-refractivity contribution in [2.75, 3.05) is 25.5 Å². The van der Waals surface area contributed by atoms with Gasteiger partial charge in [-0.05, 0) is 67.1 Å². The molecule has 0 radical (unpaired) electrons. The van der Waals surface area contributed by atoms with E-state index in [1.807, 2.05) is 20.8 Å². The van der Waals surface area contributed by atoms with Crippen molar-refractivity contribution >= 4 is 33.2 Å². The zero-order chi connectivity index (χ0) is 22.1. The molecular formula is C22H27ClN2O4S. The van der Waals surface area contributed by atoms with Crippen molar-refractivity contribution in [3.63, 3.8) is 0 Å². The van der Waals surface area contributed by atoms with Crippen LogP contribution in [-0.2, 0) is 10.0 Å². The zero-order valence-electron chi connectivity index (χ0n) is 17.6. The Bertz CT molecular complexity index is 1050. The largest absolute Gasteiger partial charge is 0.495 e. The van der Waals surface area contributed by atoms with E-state index in [0.717, 1.165) is 12.0 Å². The second kappa shape index (κ2) is 8.96. The highest BCUT2D eigenvalue weighted by molar-refractivity contribution is 7.89. The monoisotopic (exact) mass is 450 g/mol. The third-order valence-corrected chi connectivity index (χ3v) is 7.40. The minimum Gasteiger partial charge on any atom is -0.495 e. The van der Waals surface area contributed by atoms with Crippen LogP contribution in [-0.4, -0.2) is 38.8 Å². The maximum absolute atomic E-state index is 13.4. The molecule has 0 bridgehead atoms. The van der Waals surface area contributed by atoms with Crippen LogP contribution in [0.3, 0.4) is 0 Å². The number of carbonyl (C=O) groups is 1. The summed E-state index contributed by atoms with van der Waals surface area (Å²) >= 11 is 5.97. The number of ether oxygens (including phenoxy) is 1. The van der Waals surface area contributed by atoms with Gasteiger partial charge in [-0.15, -0.1) is 0 Å². The van der Waals surface area contributed by atoms with Crippen molar-refractivity contribution in [1.29, 1.82) is 0 Å². The quantitative estimate of drug-likeness (QED) is 0.723. The van der Waals surface area contributed by atoms with Gasteiger partial charge in [0.1, 0.15) is 10.6 Å². The predicted octanol–water partition coefficient (Wildman–Crippen LogP) is 4.58. The van der Waals surface area contributed by atoms with E-state index in [2.05, 4.69) is 5.32 Å². The number of hydrogen-bond acceptors (Lipinski definition) is 4. The van der Waals surface area contributed by atoms with E-state index in [9.17, 15) is 13.2 Å². The van der Waals surface area contributed by atoms with Gasteiger partial charge in [-0.2, -0.15) is 4.31 Å². The molecule has 1 amide bonds. The molecule has 2 aromatic rings. The number of nitrogens with one attached hydrogen (secondary N) is 1. The molecule has 1 aliphatic rings. The number of methoxy groups -OCH3 is 1. The summed E-state index contributed by atoms with van der Waals surface area (Å²) < 4.78 is 33.6. The van der Waals surface area contributed by atoms with Crippen LogP contribution >= 0.6 is 11.6 Å². The van der Waals surface area contributed by atoms with Crippen LogP contribution < -0.4 is 10.1 Å². The van der Waals surface area contributed by atoms with Crippen molar-refractivity contribution in [3.05, 3.63) is 52.5 Å². The number of halogens is 1. The average Bonchev–Trinajstić information content (AvgIpc) is 2.68. The summed E-state index contributed by atoms with van der Waals surface area (Å²) in [5.74, 6) is 0.364. The number of nitrogens with zero attached hydrogens (tertiary/aromatic N) is 1. The lowest BCUT2D eigenvalue weighted by atomic mass is 9.94. The van der Waals surface area contributed by atoms with Gasteiger partial charge in [-0.3, -0.25) is 4.79 Å². The highest BCUT2D eigenvalue weighted by Crippen LogP contribution is 2.32. The van der Waals surface area contributed by atoms with E-state index < -0.39 is 15.9 Å². The van der Waals surface area contributed by atoms with E-state index in [1.165, 1.54) is 23.5 Å². The number of anilines is 1. The molecule has 1 saturated heterocycles. The van der Waals surface area contributed by atoms with Gasteiger partial charge in [0.05, 0.1) is 7.11 Å². The van der Waals surface area contributed by atoms with Crippen molar-refractivity contribution in [2.24, 2.45) is 11.8 Å². The molecule has 2 atom stereocenters. The second-order valence-electron chi connectivity index (χ2n) is 8.05. The van der Waals surface area contributed by atoms with Gasteiger partial charge in [0.15, 0.2) is 0 Å². The summed E-state index contributed by atoms with van der Waals surface area (Å²) in [6, 6.07) is 9.62. The van der Waals surface area contributed by atoms with Gasteiger partial charge in [-0.1, -0.05) is 25.4 Å². The Kier molecular flexibility index (Phi) is 6.75. The third-order valence-electron chi connectivity index (χ3n) is 5.32. The van der Waals surface area contributed by atoms with Crippen LogP contribution in [0.4, 0.5) is 5.69 Å². The molecule has 2 aromatic carbocycles. The Morgan fingerprint density at radius 3 is 2.40 bits per heavy atom. The lowest BCUT2D eigenvalue weighted by Crippen LogP contribution is -2.42. The first-order valence-corrected chi connectivity index (χ1v) is 11.7. The summed E-state index contributed by atoms with van der Waals surface area (Å²) in [5.41, 5.74) is 1.67. The molecule has 0 saturated carbocycles. The van der Waals surface area contributed by atoms with Crippen molar-refractivity contribution in [2.45, 2.75) is 32.1 Å². The predicted molar refractivity (Wildman–Crippen MR) is 119 cm³/mol. The molecule has 1 N–H and O–H groups in total. The lowest BCUT2D eigenvalue weighted by Gasteiger charge is -2.34. The summed E-state index contributed by atoms with van der Waals surface area (Å²) in [4.78, 5) is 12.8. The molecule has 162 valence electrons.